The van der Waals surface area contributed by atoms with Crippen LogP contribution in [-0.2, 0) is 4.79 Å². The molecule has 0 atom stereocenters. The number of aryl methyl sites for hydroxylation is 1. The summed E-state index contributed by atoms with van der Waals surface area (Å²) < 4.78 is 8.22. The first-order valence-electron chi connectivity index (χ1n) is 10.7. The molecule has 0 radical (unpaired) electrons. The zero-order valence-electron chi connectivity index (χ0n) is 17.0. The van der Waals surface area contributed by atoms with Crippen LogP contribution >= 0.6 is 0 Å². The number of pyridine rings is 2. The van der Waals surface area contributed by atoms with Crippen molar-refractivity contribution < 1.29 is 14.6 Å². The molecule has 0 spiro atoms. The van der Waals surface area contributed by atoms with Crippen molar-refractivity contribution in [3.63, 3.8) is 0 Å². The number of rotatable bonds is 5. The van der Waals surface area contributed by atoms with Gasteiger partial charge in [-0.05, 0) is 63.6 Å². The van der Waals surface area contributed by atoms with Gasteiger partial charge in [0.05, 0.1) is 24.6 Å². The van der Waals surface area contributed by atoms with Gasteiger partial charge >= 0.3 is 0 Å². The topological polar surface area (TPSA) is 88.8 Å². The van der Waals surface area contributed by atoms with Gasteiger partial charge in [0.2, 0.25) is 5.91 Å². The van der Waals surface area contributed by atoms with Crippen LogP contribution in [0.1, 0.15) is 44.2 Å². The zero-order valence-corrected chi connectivity index (χ0v) is 17.0. The Balaban J connectivity index is 1.42. The predicted octanol–water partition coefficient (Wildman–Crippen LogP) is 3.74. The Hall–Kier alpha value is -2.93. The van der Waals surface area contributed by atoms with Gasteiger partial charge in [0.25, 0.3) is 0 Å². The lowest BCUT2D eigenvalue weighted by Crippen LogP contribution is -2.26. The van der Waals surface area contributed by atoms with E-state index in [4.69, 9.17) is 4.74 Å². The third-order valence-corrected chi connectivity index (χ3v) is 5.90. The Kier molecular flexibility index (Phi) is 4.90. The van der Waals surface area contributed by atoms with Gasteiger partial charge in [0, 0.05) is 28.9 Å². The van der Waals surface area contributed by atoms with E-state index in [1.807, 2.05) is 41.9 Å². The highest BCUT2D eigenvalue weighted by atomic mass is 16.5. The molecule has 30 heavy (non-hydrogen) atoms. The number of hydrogen-bond acceptors (Lipinski definition) is 5. The molecule has 2 fully saturated rings. The number of ether oxygens (including phenoxy) is 1. The number of anilines is 1. The summed E-state index contributed by atoms with van der Waals surface area (Å²) in [6.45, 7) is 1.96. The maximum atomic E-state index is 12.0. The Bertz CT molecular complexity index is 1080. The quantitative estimate of drug-likeness (QED) is 0.674. The maximum absolute atomic E-state index is 12.0. The molecule has 3 heterocycles. The molecule has 2 N–H and O–H groups in total. The fourth-order valence-corrected chi connectivity index (χ4v) is 3.99. The highest BCUT2D eigenvalue weighted by molar-refractivity contribution is 5.93. The van der Waals surface area contributed by atoms with Crippen molar-refractivity contribution in [2.45, 2.75) is 57.7 Å². The van der Waals surface area contributed by atoms with E-state index in [-0.39, 0.29) is 24.0 Å². The lowest BCUT2D eigenvalue weighted by Gasteiger charge is -2.27. The minimum absolute atomic E-state index is 0.0525. The molecule has 2 saturated carbocycles. The van der Waals surface area contributed by atoms with Crippen LogP contribution in [0.3, 0.4) is 0 Å². The summed E-state index contributed by atoms with van der Waals surface area (Å²) in [6, 6.07) is 5.99. The molecule has 3 aromatic rings. The van der Waals surface area contributed by atoms with Crippen molar-refractivity contribution in [3.05, 3.63) is 42.5 Å². The highest BCUT2D eigenvalue weighted by Gasteiger charge is 2.30. The van der Waals surface area contributed by atoms with E-state index in [0.29, 0.717) is 5.82 Å². The van der Waals surface area contributed by atoms with E-state index in [1.54, 1.807) is 6.20 Å². The van der Waals surface area contributed by atoms with Gasteiger partial charge in [-0.25, -0.2) is 4.98 Å². The molecule has 2 aliphatic rings. The highest BCUT2D eigenvalue weighted by Crippen LogP contribution is 2.34. The second-order valence-corrected chi connectivity index (χ2v) is 8.44. The lowest BCUT2D eigenvalue weighted by atomic mass is 9.95. The van der Waals surface area contributed by atoms with Crippen LogP contribution in [0.5, 0.6) is 5.75 Å². The van der Waals surface area contributed by atoms with Gasteiger partial charge in [-0.2, -0.15) is 0 Å². The van der Waals surface area contributed by atoms with E-state index in [0.717, 1.165) is 66.7 Å². The van der Waals surface area contributed by atoms with Gasteiger partial charge < -0.3 is 19.6 Å². The summed E-state index contributed by atoms with van der Waals surface area (Å²) in [4.78, 5) is 21.0. The molecule has 0 aliphatic heterocycles. The number of carbonyl (C=O) groups excluding carboxylic acids is 1. The molecule has 2 aliphatic carbocycles. The van der Waals surface area contributed by atoms with Crippen LogP contribution in [0.15, 0.2) is 36.8 Å². The van der Waals surface area contributed by atoms with Crippen LogP contribution in [0.4, 0.5) is 5.82 Å². The number of fused-ring (bicyclic) bond motifs is 1. The molecule has 7 heteroatoms. The van der Waals surface area contributed by atoms with E-state index in [2.05, 4.69) is 15.3 Å². The van der Waals surface area contributed by atoms with E-state index < -0.39 is 0 Å². The molecule has 7 nitrogen and oxygen atoms in total. The molecule has 0 saturated heterocycles. The number of aliphatic hydroxyl groups is 1. The number of amides is 1. The average Bonchev–Trinajstić information content (AvgIpc) is 3.51. The Morgan fingerprint density at radius 1 is 1.17 bits per heavy atom. The second-order valence-electron chi connectivity index (χ2n) is 8.44. The molecule has 0 bridgehead atoms. The fraction of sp³-hybridized carbons (Fsp3) is 0.435. The average molecular weight is 406 g/mol. The van der Waals surface area contributed by atoms with Crippen LogP contribution in [0, 0.1) is 12.8 Å². The van der Waals surface area contributed by atoms with Crippen molar-refractivity contribution in [2.75, 3.05) is 5.32 Å². The largest absolute Gasteiger partial charge is 0.488 e. The van der Waals surface area contributed by atoms with E-state index in [1.165, 1.54) is 0 Å². The first-order valence-corrected chi connectivity index (χ1v) is 10.7. The van der Waals surface area contributed by atoms with E-state index >= 15 is 0 Å². The number of aliphatic hydroxyl groups excluding tert-OH is 1. The molecule has 5 rings (SSSR count). The van der Waals surface area contributed by atoms with Crippen molar-refractivity contribution in [1.29, 1.82) is 0 Å². The summed E-state index contributed by atoms with van der Waals surface area (Å²) in [6.07, 6.45) is 10.7. The Morgan fingerprint density at radius 3 is 2.73 bits per heavy atom. The number of hydrogen-bond donors (Lipinski definition) is 2. The molecule has 3 aromatic heterocycles. The molecule has 1 amide bonds. The number of carbonyl (C=O) groups is 1. The number of nitrogens with zero attached hydrogens (tertiary/aromatic N) is 3. The number of nitrogens with one attached hydrogen (secondary N) is 1. The van der Waals surface area contributed by atoms with Crippen LogP contribution < -0.4 is 10.1 Å². The summed E-state index contributed by atoms with van der Waals surface area (Å²) in [5.41, 5.74) is 3.67. The first-order chi connectivity index (χ1) is 14.5. The van der Waals surface area contributed by atoms with Crippen LogP contribution in [-0.4, -0.2) is 37.6 Å². The minimum atomic E-state index is -0.210. The lowest BCUT2D eigenvalue weighted by molar-refractivity contribution is -0.117. The van der Waals surface area contributed by atoms with Crippen molar-refractivity contribution >= 4 is 17.4 Å². The summed E-state index contributed by atoms with van der Waals surface area (Å²) in [7, 11) is 0. The van der Waals surface area contributed by atoms with Gasteiger partial charge in [0.1, 0.15) is 11.4 Å². The number of imidazole rings is 1. The zero-order chi connectivity index (χ0) is 20.7. The Morgan fingerprint density at radius 2 is 1.97 bits per heavy atom. The summed E-state index contributed by atoms with van der Waals surface area (Å²) in [5, 5.41) is 12.7. The normalized spacial score (nSPS) is 21.5. The number of aromatic nitrogens is 3. The van der Waals surface area contributed by atoms with Crippen LogP contribution in [0.2, 0.25) is 0 Å². The summed E-state index contributed by atoms with van der Waals surface area (Å²) >= 11 is 0. The van der Waals surface area contributed by atoms with Gasteiger partial charge in [0.15, 0.2) is 5.82 Å². The molecular weight excluding hydrogens is 380 g/mol. The fourth-order valence-electron chi connectivity index (χ4n) is 3.99. The smallest absolute Gasteiger partial charge is 0.228 e. The van der Waals surface area contributed by atoms with Gasteiger partial charge in [-0.3, -0.25) is 9.78 Å². The maximum Gasteiger partial charge on any atom is 0.228 e. The van der Waals surface area contributed by atoms with Crippen molar-refractivity contribution in [2.24, 2.45) is 5.92 Å². The predicted molar refractivity (Wildman–Crippen MR) is 113 cm³/mol. The van der Waals surface area contributed by atoms with Crippen LogP contribution in [0.25, 0.3) is 16.8 Å². The van der Waals surface area contributed by atoms with Gasteiger partial charge in [-0.1, -0.05) is 0 Å². The Labute approximate surface area is 175 Å². The minimum Gasteiger partial charge on any atom is -0.488 e. The standard InChI is InChI=1S/C23H26N4O3/c1-14-10-19(20(11-24-14)30-18-7-5-17(28)6-8-18)16-4-9-22-25-21(13-27(22)12-16)26-23(29)15-2-3-15/h4,9-13,15,17-18,28H,2-3,5-8H2,1H3,(H,26,29). The second kappa shape index (κ2) is 7.72. The van der Waals surface area contributed by atoms with E-state index in [9.17, 15) is 9.90 Å². The molecular formula is C23H26N4O3. The SMILES string of the molecule is Cc1cc(-c2ccc3nc(NC(=O)C4CC4)cn3c2)c(OC2CCC(O)CC2)cn1. The van der Waals surface area contributed by atoms with Crippen molar-refractivity contribution in [1.82, 2.24) is 14.4 Å². The molecule has 156 valence electrons. The third kappa shape index (κ3) is 4.03. The first kappa shape index (κ1) is 19.1. The van der Waals surface area contributed by atoms with Gasteiger partial charge in [-0.15, -0.1) is 0 Å². The summed E-state index contributed by atoms with van der Waals surface area (Å²) in [5.74, 6) is 1.53. The third-order valence-electron chi connectivity index (χ3n) is 5.90. The molecule has 0 unspecified atom stereocenters. The monoisotopic (exact) mass is 406 g/mol. The van der Waals surface area contributed by atoms with Crippen molar-refractivity contribution in [3.8, 4) is 16.9 Å². The molecule has 0 aromatic carbocycles.